The standard InChI is InChI=1S/C31H38N2O3/c1-7-31(5,6)23-12-16-25(17-13-23)36-26-18-14-24(15-19-26)32-30(35)28(20-21(2)3)33-29(34)27-11-9-8-10-22(27)4/h8-19,21,28H,7,20H2,1-6H3,(H,32,35)(H,33,34). The van der Waals surface area contributed by atoms with E-state index in [1.165, 1.54) is 5.56 Å². The Morgan fingerprint density at radius 1 is 0.889 bits per heavy atom. The maximum absolute atomic E-state index is 13.1. The molecular formula is C31H38N2O3. The number of ether oxygens (including phenoxy) is 1. The first-order valence-electron chi connectivity index (χ1n) is 12.6. The molecule has 190 valence electrons. The van der Waals surface area contributed by atoms with Crippen molar-refractivity contribution in [2.24, 2.45) is 5.92 Å². The van der Waals surface area contributed by atoms with E-state index in [9.17, 15) is 9.59 Å². The minimum atomic E-state index is -0.640. The van der Waals surface area contributed by atoms with Gasteiger partial charge in [-0.05, 0) is 84.7 Å². The van der Waals surface area contributed by atoms with Gasteiger partial charge in [0.2, 0.25) is 5.91 Å². The van der Waals surface area contributed by atoms with Crippen LogP contribution in [0.2, 0.25) is 0 Å². The second kappa shape index (κ2) is 11.9. The van der Waals surface area contributed by atoms with Gasteiger partial charge in [0.15, 0.2) is 0 Å². The van der Waals surface area contributed by atoms with Crippen LogP contribution < -0.4 is 15.4 Å². The molecule has 3 rings (SSSR count). The molecule has 0 radical (unpaired) electrons. The number of aryl methyl sites for hydroxylation is 1. The van der Waals surface area contributed by atoms with Gasteiger partial charge in [0.1, 0.15) is 17.5 Å². The van der Waals surface area contributed by atoms with Gasteiger partial charge in [-0.15, -0.1) is 0 Å². The molecule has 3 aromatic carbocycles. The third kappa shape index (κ3) is 7.20. The average molecular weight is 487 g/mol. The number of anilines is 1. The first kappa shape index (κ1) is 27.0. The molecule has 0 aliphatic heterocycles. The summed E-state index contributed by atoms with van der Waals surface area (Å²) in [7, 11) is 0. The van der Waals surface area contributed by atoms with Crippen LogP contribution in [0.5, 0.6) is 11.5 Å². The fourth-order valence-corrected chi connectivity index (χ4v) is 3.92. The van der Waals surface area contributed by atoms with Gasteiger partial charge in [-0.25, -0.2) is 0 Å². The highest BCUT2D eigenvalue weighted by Crippen LogP contribution is 2.30. The van der Waals surface area contributed by atoms with E-state index in [0.29, 0.717) is 23.4 Å². The van der Waals surface area contributed by atoms with Crippen LogP contribution in [0.4, 0.5) is 5.69 Å². The van der Waals surface area contributed by atoms with Gasteiger partial charge in [-0.1, -0.05) is 65.0 Å². The normalized spacial score (nSPS) is 12.2. The van der Waals surface area contributed by atoms with Crippen molar-refractivity contribution in [3.05, 3.63) is 89.5 Å². The Balaban J connectivity index is 1.64. The molecule has 36 heavy (non-hydrogen) atoms. The first-order chi connectivity index (χ1) is 17.1. The number of hydrogen-bond donors (Lipinski definition) is 2. The molecule has 0 saturated heterocycles. The molecule has 3 aromatic rings. The Morgan fingerprint density at radius 2 is 1.47 bits per heavy atom. The number of rotatable bonds is 10. The zero-order valence-corrected chi connectivity index (χ0v) is 22.2. The van der Waals surface area contributed by atoms with E-state index in [-0.39, 0.29) is 23.1 Å². The van der Waals surface area contributed by atoms with E-state index in [1.54, 1.807) is 18.2 Å². The summed E-state index contributed by atoms with van der Waals surface area (Å²) in [6.07, 6.45) is 1.60. The zero-order valence-electron chi connectivity index (χ0n) is 22.2. The van der Waals surface area contributed by atoms with Crippen molar-refractivity contribution in [3.8, 4) is 11.5 Å². The van der Waals surface area contributed by atoms with Gasteiger partial charge in [0.05, 0.1) is 0 Å². The zero-order chi connectivity index (χ0) is 26.3. The van der Waals surface area contributed by atoms with Gasteiger partial charge >= 0.3 is 0 Å². The highest BCUT2D eigenvalue weighted by Gasteiger charge is 2.23. The molecule has 5 nitrogen and oxygen atoms in total. The van der Waals surface area contributed by atoms with Crippen molar-refractivity contribution in [1.82, 2.24) is 5.32 Å². The Kier molecular flexibility index (Phi) is 8.92. The summed E-state index contributed by atoms with van der Waals surface area (Å²) in [4.78, 5) is 25.9. The summed E-state index contributed by atoms with van der Waals surface area (Å²) in [6.45, 7) is 12.6. The van der Waals surface area contributed by atoms with Gasteiger partial charge in [0, 0.05) is 11.3 Å². The number of benzene rings is 3. The molecule has 0 fully saturated rings. The summed E-state index contributed by atoms with van der Waals surface area (Å²) in [5, 5.41) is 5.84. The fraction of sp³-hybridized carbons (Fsp3) is 0.355. The molecule has 5 heteroatoms. The number of amides is 2. The smallest absolute Gasteiger partial charge is 0.252 e. The molecule has 0 aliphatic carbocycles. The molecule has 1 atom stereocenters. The van der Waals surface area contributed by atoms with Crippen LogP contribution in [-0.2, 0) is 10.2 Å². The predicted molar refractivity (Wildman–Crippen MR) is 147 cm³/mol. The van der Waals surface area contributed by atoms with Gasteiger partial charge in [-0.3, -0.25) is 9.59 Å². The third-order valence-electron chi connectivity index (χ3n) is 6.60. The Morgan fingerprint density at radius 3 is 2.03 bits per heavy atom. The summed E-state index contributed by atoms with van der Waals surface area (Å²) in [5.74, 6) is 1.20. The predicted octanol–water partition coefficient (Wildman–Crippen LogP) is 7.26. The lowest BCUT2D eigenvalue weighted by atomic mass is 9.82. The highest BCUT2D eigenvalue weighted by molar-refractivity contribution is 6.01. The number of carbonyl (C=O) groups is 2. The van der Waals surface area contributed by atoms with Crippen LogP contribution >= 0.6 is 0 Å². The lowest BCUT2D eigenvalue weighted by molar-refractivity contribution is -0.118. The van der Waals surface area contributed by atoms with Crippen molar-refractivity contribution in [2.45, 2.75) is 65.8 Å². The molecule has 2 N–H and O–H groups in total. The second-order valence-electron chi connectivity index (χ2n) is 10.3. The van der Waals surface area contributed by atoms with E-state index >= 15 is 0 Å². The van der Waals surface area contributed by atoms with Crippen molar-refractivity contribution < 1.29 is 14.3 Å². The lowest BCUT2D eigenvalue weighted by Gasteiger charge is -2.23. The SMILES string of the molecule is CCC(C)(C)c1ccc(Oc2ccc(NC(=O)C(CC(C)C)NC(=O)c3ccccc3C)cc2)cc1. The van der Waals surface area contributed by atoms with Crippen molar-refractivity contribution in [2.75, 3.05) is 5.32 Å². The van der Waals surface area contributed by atoms with Crippen molar-refractivity contribution in [3.63, 3.8) is 0 Å². The van der Waals surface area contributed by atoms with E-state index < -0.39 is 6.04 Å². The highest BCUT2D eigenvalue weighted by atomic mass is 16.5. The molecular weight excluding hydrogens is 448 g/mol. The van der Waals surface area contributed by atoms with E-state index in [2.05, 4.69) is 43.5 Å². The van der Waals surface area contributed by atoms with Gasteiger partial charge in [0.25, 0.3) is 5.91 Å². The Bertz CT molecular complexity index is 1170. The molecule has 2 amide bonds. The summed E-state index contributed by atoms with van der Waals surface area (Å²) < 4.78 is 5.98. The van der Waals surface area contributed by atoms with Crippen LogP contribution in [0.1, 0.15) is 68.9 Å². The minimum absolute atomic E-state index is 0.130. The average Bonchev–Trinajstić information content (AvgIpc) is 2.85. The van der Waals surface area contributed by atoms with Crippen LogP contribution in [-0.4, -0.2) is 17.9 Å². The van der Waals surface area contributed by atoms with E-state index in [0.717, 1.165) is 17.7 Å². The second-order valence-corrected chi connectivity index (χ2v) is 10.3. The monoisotopic (exact) mass is 486 g/mol. The van der Waals surface area contributed by atoms with Crippen molar-refractivity contribution in [1.29, 1.82) is 0 Å². The molecule has 0 saturated carbocycles. The summed E-state index contributed by atoms with van der Waals surface area (Å²) in [5.41, 5.74) is 3.50. The van der Waals surface area contributed by atoms with Crippen LogP contribution in [0.25, 0.3) is 0 Å². The molecule has 1 unspecified atom stereocenters. The molecule has 0 heterocycles. The fourth-order valence-electron chi connectivity index (χ4n) is 3.92. The summed E-state index contributed by atoms with van der Waals surface area (Å²) in [6, 6.07) is 22.2. The summed E-state index contributed by atoms with van der Waals surface area (Å²) >= 11 is 0. The van der Waals surface area contributed by atoms with Crippen LogP contribution in [0.3, 0.4) is 0 Å². The number of carbonyl (C=O) groups excluding carboxylic acids is 2. The van der Waals surface area contributed by atoms with Gasteiger partial charge in [-0.2, -0.15) is 0 Å². The largest absolute Gasteiger partial charge is 0.457 e. The van der Waals surface area contributed by atoms with Crippen LogP contribution in [0.15, 0.2) is 72.8 Å². The topological polar surface area (TPSA) is 67.4 Å². The van der Waals surface area contributed by atoms with Crippen LogP contribution in [0, 0.1) is 12.8 Å². The Labute approximate surface area is 215 Å². The third-order valence-corrected chi connectivity index (χ3v) is 6.60. The molecule has 0 spiro atoms. The Hall–Kier alpha value is -3.60. The number of hydrogen-bond acceptors (Lipinski definition) is 3. The molecule has 0 bridgehead atoms. The molecule has 0 aromatic heterocycles. The van der Waals surface area contributed by atoms with E-state index in [1.807, 2.05) is 63.2 Å². The maximum Gasteiger partial charge on any atom is 0.252 e. The maximum atomic E-state index is 13.1. The van der Waals surface area contributed by atoms with Gasteiger partial charge < -0.3 is 15.4 Å². The minimum Gasteiger partial charge on any atom is -0.457 e. The lowest BCUT2D eigenvalue weighted by Crippen LogP contribution is -2.44. The van der Waals surface area contributed by atoms with E-state index in [4.69, 9.17) is 4.74 Å². The first-order valence-corrected chi connectivity index (χ1v) is 12.6. The molecule has 0 aliphatic rings. The number of nitrogens with one attached hydrogen (secondary N) is 2. The van der Waals surface area contributed by atoms with Crippen molar-refractivity contribution >= 4 is 17.5 Å². The quantitative estimate of drug-likeness (QED) is 0.317.